The van der Waals surface area contributed by atoms with Crippen LogP contribution in [0.25, 0.3) is 0 Å². The van der Waals surface area contributed by atoms with E-state index in [1.165, 1.54) is 16.0 Å². The standard InChI is InChI=1S/C19H22BrNO2S/c1-23-18-7-6-16(20)10-15(18)13-24-19-5-3-2-4-14(19)11-21-9-8-17(22)12-21/h2-7,10,17,22H,8-9,11-13H2,1H3/t17-/m1/s1. The molecule has 0 spiro atoms. The smallest absolute Gasteiger partial charge is 0.122 e. The zero-order chi connectivity index (χ0) is 16.9. The molecule has 0 aromatic heterocycles. The molecule has 3 rings (SSSR count). The van der Waals surface area contributed by atoms with E-state index in [0.717, 1.165) is 42.0 Å². The summed E-state index contributed by atoms with van der Waals surface area (Å²) < 4.78 is 6.54. The lowest BCUT2D eigenvalue weighted by atomic mass is 10.2. The van der Waals surface area contributed by atoms with Crippen LogP contribution in [0.5, 0.6) is 5.75 Å². The summed E-state index contributed by atoms with van der Waals surface area (Å²) in [6.07, 6.45) is 0.709. The number of hydrogen-bond donors (Lipinski definition) is 1. The predicted molar refractivity (Wildman–Crippen MR) is 103 cm³/mol. The van der Waals surface area contributed by atoms with Gasteiger partial charge in [0, 0.05) is 40.3 Å². The van der Waals surface area contributed by atoms with E-state index < -0.39 is 0 Å². The zero-order valence-electron chi connectivity index (χ0n) is 13.7. The molecule has 5 heteroatoms. The molecular weight excluding hydrogens is 386 g/mol. The molecule has 24 heavy (non-hydrogen) atoms. The molecule has 2 aromatic carbocycles. The van der Waals surface area contributed by atoms with Gasteiger partial charge in [0.1, 0.15) is 5.75 Å². The molecular formula is C19H22BrNO2S. The van der Waals surface area contributed by atoms with Gasteiger partial charge in [0.05, 0.1) is 13.2 Å². The number of nitrogens with zero attached hydrogens (tertiary/aromatic N) is 1. The molecule has 1 aliphatic heterocycles. The lowest BCUT2D eigenvalue weighted by molar-refractivity contribution is 0.174. The van der Waals surface area contributed by atoms with Gasteiger partial charge in [-0.25, -0.2) is 0 Å². The first kappa shape index (κ1) is 17.8. The summed E-state index contributed by atoms with van der Waals surface area (Å²) in [5.41, 5.74) is 2.51. The van der Waals surface area contributed by atoms with Crippen LogP contribution in [-0.2, 0) is 12.3 Å². The molecule has 1 atom stereocenters. The van der Waals surface area contributed by atoms with Crippen LogP contribution in [0.1, 0.15) is 17.5 Å². The molecule has 3 nitrogen and oxygen atoms in total. The van der Waals surface area contributed by atoms with Crippen LogP contribution in [0.4, 0.5) is 0 Å². The van der Waals surface area contributed by atoms with Gasteiger partial charge in [-0.1, -0.05) is 34.1 Å². The highest BCUT2D eigenvalue weighted by Gasteiger charge is 2.20. The summed E-state index contributed by atoms with van der Waals surface area (Å²) in [4.78, 5) is 3.62. The maximum absolute atomic E-state index is 9.72. The Hall–Kier alpha value is -1.01. The number of β-amino-alcohol motifs (C(OH)–C–C–N with tert-alkyl or cyclic N) is 1. The molecule has 0 radical (unpaired) electrons. The van der Waals surface area contributed by atoms with Crippen molar-refractivity contribution in [1.82, 2.24) is 4.90 Å². The number of aliphatic hydroxyl groups is 1. The topological polar surface area (TPSA) is 32.7 Å². The Labute approximate surface area is 156 Å². The molecule has 1 aliphatic rings. The van der Waals surface area contributed by atoms with Crippen LogP contribution in [0.2, 0.25) is 0 Å². The Bertz CT molecular complexity index is 695. The fourth-order valence-electron chi connectivity index (χ4n) is 2.99. The van der Waals surface area contributed by atoms with Gasteiger partial charge in [0.2, 0.25) is 0 Å². The van der Waals surface area contributed by atoms with E-state index in [1.807, 2.05) is 23.9 Å². The molecule has 1 saturated heterocycles. The number of ether oxygens (including phenoxy) is 1. The molecule has 2 aromatic rings. The van der Waals surface area contributed by atoms with Crippen LogP contribution in [-0.4, -0.2) is 36.3 Å². The highest BCUT2D eigenvalue weighted by atomic mass is 79.9. The van der Waals surface area contributed by atoms with Gasteiger partial charge >= 0.3 is 0 Å². The van der Waals surface area contributed by atoms with E-state index in [4.69, 9.17) is 4.74 Å². The molecule has 0 bridgehead atoms. The quantitative estimate of drug-likeness (QED) is 0.722. The van der Waals surface area contributed by atoms with Crippen molar-refractivity contribution < 1.29 is 9.84 Å². The molecule has 0 amide bonds. The highest BCUT2D eigenvalue weighted by Crippen LogP contribution is 2.32. The van der Waals surface area contributed by atoms with Crippen molar-refractivity contribution in [3.8, 4) is 5.75 Å². The van der Waals surface area contributed by atoms with E-state index in [1.54, 1.807) is 7.11 Å². The van der Waals surface area contributed by atoms with E-state index in [-0.39, 0.29) is 6.10 Å². The average Bonchev–Trinajstić information content (AvgIpc) is 2.99. The maximum Gasteiger partial charge on any atom is 0.122 e. The van der Waals surface area contributed by atoms with Gasteiger partial charge < -0.3 is 9.84 Å². The van der Waals surface area contributed by atoms with E-state index >= 15 is 0 Å². The van der Waals surface area contributed by atoms with Crippen molar-refractivity contribution in [3.05, 3.63) is 58.1 Å². The highest BCUT2D eigenvalue weighted by molar-refractivity contribution is 9.10. The molecule has 0 aliphatic carbocycles. The van der Waals surface area contributed by atoms with Gasteiger partial charge in [0.25, 0.3) is 0 Å². The Balaban J connectivity index is 1.70. The molecule has 1 N–H and O–H groups in total. The summed E-state index contributed by atoms with van der Waals surface area (Å²) in [5, 5.41) is 9.72. The largest absolute Gasteiger partial charge is 0.496 e. The lowest BCUT2D eigenvalue weighted by Gasteiger charge is -2.17. The second-order valence-electron chi connectivity index (χ2n) is 6.03. The van der Waals surface area contributed by atoms with E-state index in [2.05, 4.69) is 51.2 Å². The normalized spacial score (nSPS) is 18.0. The maximum atomic E-state index is 9.72. The molecule has 0 saturated carbocycles. The van der Waals surface area contributed by atoms with E-state index in [9.17, 15) is 5.11 Å². The first-order valence-corrected chi connectivity index (χ1v) is 9.87. The lowest BCUT2D eigenvalue weighted by Crippen LogP contribution is -2.21. The van der Waals surface area contributed by atoms with Crippen molar-refractivity contribution in [2.75, 3.05) is 20.2 Å². The summed E-state index contributed by atoms with van der Waals surface area (Å²) in [7, 11) is 1.71. The second kappa shape index (κ2) is 8.39. The van der Waals surface area contributed by atoms with Crippen molar-refractivity contribution in [1.29, 1.82) is 0 Å². The minimum atomic E-state index is -0.171. The molecule has 1 heterocycles. The molecule has 0 unspecified atom stereocenters. The third-order valence-corrected chi connectivity index (χ3v) is 5.90. The fraction of sp³-hybridized carbons (Fsp3) is 0.368. The van der Waals surface area contributed by atoms with Gasteiger partial charge in [-0.2, -0.15) is 0 Å². The third kappa shape index (κ3) is 4.54. The molecule has 128 valence electrons. The minimum Gasteiger partial charge on any atom is -0.496 e. The van der Waals surface area contributed by atoms with Crippen molar-refractivity contribution >= 4 is 27.7 Å². The van der Waals surface area contributed by atoms with Crippen LogP contribution in [0.3, 0.4) is 0 Å². The van der Waals surface area contributed by atoms with Crippen LogP contribution >= 0.6 is 27.7 Å². The summed E-state index contributed by atoms with van der Waals surface area (Å²) >= 11 is 5.37. The first-order valence-electron chi connectivity index (χ1n) is 8.09. The van der Waals surface area contributed by atoms with Gasteiger partial charge in [-0.05, 0) is 36.2 Å². The monoisotopic (exact) mass is 407 g/mol. The first-order chi connectivity index (χ1) is 11.7. The van der Waals surface area contributed by atoms with Gasteiger partial charge in [-0.3, -0.25) is 4.90 Å². The SMILES string of the molecule is COc1ccc(Br)cc1CSc1ccccc1CN1CC[C@@H](O)C1. The number of thioether (sulfide) groups is 1. The number of aliphatic hydroxyl groups excluding tert-OH is 1. The number of likely N-dealkylation sites (tertiary alicyclic amines) is 1. The van der Waals surface area contributed by atoms with Crippen LogP contribution in [0.15, 0.2) is 51.8 Å². The summed E-state index contributed by atoms with van der Waals surface area (Å²) in [6.45, 7) is 2.65. The number of rotatable bonds is 6. The number of benzene rings is 2. The van der Waals surface area contributed by atoms with E-state index in [0.29, 0.717) is 0 Å². The number of methoxy groups -OCH3 is 1. The summed E-state index contributed by atoms with van der Waals surface area (Å²) in [6, 6.07) is 14.7. The Morgan fingerprint density at radius 2 is 2.08 bits per heavy atom. The number of hydrogen-bond acceptors (Lipinski definition) is 4. The zero-order valence-corrected chi connectivity index (χ0v) is 16.1. The Morgan fingerprint density at radius 1 is 1.25 bits per heavy atom. The average molecular weight is 408 g/mol. The van der Waals surface area contributed by atoms with Crippen LogP contribution in [0, 0.1) is 0 Å². The van der Waals surface area contributed by atoms with Gasteiger partial charge in [0.15, 0.2) is 0 Å². The fourth-order valence-corrected chi connectivity index (χ4v) is 4.43. The van der Waals surface area contributed by atoms with Gasteiger partial charge in [-0.15, -0.1) is 11.8 Å². The predicted octanol–water partition coefficient (Wildman–Crippen LogP) is 4.32. The van der Waals surface area contributed by atoms with Crippen LogP contribution < -0.4 is 4.74 Å². The summed E-state index contributed by atoms with van der Waals surface area (Å²) in [5.74, 6) is 1.79. The third-order valence-electron chi connectivity index (χ3n) is 4.24. The van der Waals surface area contributed by atoms with Crippen molar-refractivity contribution in [2.24, 2.45) is 0 Å². The Kier molecular flexibility index (Phi) is 6.22. The van der Waals surface area contributed by atoms with Crippen molar-refractivity contribution in [3.63, 3.8) is 0 Å². The molecule has 1 fully saturated rings. The number of halogens is 1. The van der Waals surface area contributed by atoms with Crippen molar-refractivity contribution in [2.45, 2.75) is 29.7 Å². The minimum absolute atomic E-state index is 0.171. The Morgan fingerprint density at radius 3 is 2.83 bits per heavy atom. The second-order valence-corrected chi connectivity index (χ2v) is 7.96.